The Kier molecular flexibility index (Phi) is 3.72. The van der Waals surface area contributed by atoms with E-state index >= 15 is 0 Å². The molecule has 1 aromatic carbocycles. The summed E-state index contributed by atoms with van der Waals surface area (Å²) in [6.07, 6.45) is 1.19. The van der Waals surface area contributed by atoms with Gasteiger partial charge in [-0.15, -0.1) is 0 Å². The number of rotatable bonds is 3. The molecule has 18 heavy (non-hydrogen) atoms. The first kappa shape index (κ1) is 12.7. The van der Waals surface area contributed by atoms with Crippen LogP contribution in [0.4, 0.5) is 0 Å². The van der Waals surface area contributed by atoms with Crippen LogP contribution in [0.2, 0.25) is 0 Å². The molecule has 0 spiro atoms. The van der Waals surface area contributed by atoms with Crippen molar-refractivity contribution in [1.82, 2.24) is 5.32 Å². The van der Waals surface area contributed by atoms with E-state index in [9.17, 15) is 4.79 Å². The highest BCUT2D eigenvalue weighted by atomic mass is 16.5. The number of piperidine rings is 1. The number of carbonyl (C=O) groups excluding carboxylic acids is 1. The monoisotopic (exact) mass is 250 g/mol. The van der Waals surface area contributed by atoms with Crippen molar-refractivity contribution in [2.75, 3.05) is 14.2 Å². The Morgan fingerprint density at radius 2 is 2.00 bits per heavy atom. The van der Waals surface area contributed by atoms with Gasteiger partial charge in [-0.3, -0.25) is 4.79 Å². The number of ether oxygens (including phenoxy) is 2. The lowest BCUT2D eigenvalue weighted by molar-refractivity contribution is -0.123. The lowest BCUT2D eigenvalue weighted by atomic mass is 9.92. The maximum Gasteiger partial charge on any atom is 0.220 e. The van der Waals surface area contributed by atoms with E-state index in [-0.39, 0.29) is 18.0 Å². The van der Waals surface area contributed by atoms with Gasteiger partial charge >= 0.3 is 0 Å². The lowest BCUT2D eigenvalue weighted by Crippen LogP contribution is -2.45. The number of carbonyl (C=O) groups is 1. The summed E-state index contributed by atoms with van der Waals surface area (Å²) in [5.74, 6) is 1.34. The first-order chi connectivity index (χ1) is 8.65. The molecule has 5 heteroatoms. The number of hydrogen-bond acceptors (Lipinski definition) is 4. The van der Waals surface area contributed by atoms with Crippen molar-refractivity contribution in [2.45, 2.75) is 24.9 Å². The number of nitrogens with two attached hydrogens (primary N) is 1. The van der Waals surface area contributed by atoms with Crippen molar-refractivity contribution < 1.29 is 14.3 Å². The van der Waals surface area contributed by atoms with E-state index in [0.717, 1.165) is 5.56 Å². The highest BCUT2D eigenvalue weighted by Gasteiger charge is 2.27. The molecule has 1 fully saturated rings. The van der Waals surface area contributed by atoms with Crippen molar-refractivity contribution in [3.63, 3.8) is 0 Å². The average molecular weight is 250 g/mol. The van der Waals surface area contributed by atoms with Gasteiger partial charge in [-0.1, -0.05) is 6.07 Å². The van der Waals surface area contributed by atoms with E-state index in [1.165, 1.54) is 0 Å². The van der Waals surface area contributed by atoms with Crippen LogP contribution < -0.4 is 20.5 Å². The fraction of sp³-hybridized carbons (Fsp3) is 0.462. The van der Waals surface area contributed by atoms with E-state index in [0.29, 0.717) is 24.3 Å². The quantitative estimate of drug-likeness (QED) is 0.838. The average Bonchev–Trinajstić information content (AvgIpc) is 2.40. The summed E-state index contributed by atoms with van der Waals surface area (Å²) in [5.41, 5.74) is 6.99. The molecular formula is C13H18N2O3. The molecule has 1 aromatic rings. The van der Waals surface area contributed by atoms with Crippen LogP contribution in [0.15, 0.2) is 18.2 Å². The third-order valence-electron chi connectivity index (χ3n) is 3.22. The predicted octanol–water partition coefficient (Wildman–Crippen LogP) is 0.982. The Morgan fingerprint density at radius 1 is 1.28 bits per heavy atom. The van der Waals surface area contributed by atoms with Gasteiger partial charge in [-0.25, -0.2) is 0 Å². The van der Waals surface area contributed by atoms with E-state index in [2.05, 4.69) is 5.32 Å². The number of hydrogen-bond donors (Lipinski definition) is 2. The number of methoxy groups -OCH3 is 2. The summed E-state index contributed by atoms with van der Waals surface area (Å²) in [7, 11) is 3.17. The fourth-order valence-electron chi connectivity index (χ4n) is 2.19. The highest BCUT2D eigenvalue weighted by molar-refractivity contribution is 5.77. The summed E-state index contributed by atoms with van der Waals surface area (Å²) < 4.78 is 10.4. The molecule has 0 aromatic heterocycles. The lowest BCUT2D eigenvalue weighted by Gasteiger charge is -2.30. The predicted molar refractivity (Wildman–Crippen MR) is 67.6 cm³/mol. The topological polar surface area (TPSA) is 73.6 Å². The minimum atomic E-state index is -0.161. The Bertz CT molecular complexity index is 448. The minimum absolute atomic E-state index is 0.0384. The summed E-state index contributed by atoms with van der Waals surface area (Å²) in [6, 6.07) is 5.35. The second-order valence-corrected chi connectivity index (χ2v) is 4.36. The molecule has 2 atom stereocenters. The zero-order chi connectivity index (χ0) is 13.1. The van der Waals surface area contributed by atoms with Gasteiger partial charge in [0.2, 0.25) is 5.91 Å². The van der Waals surface area contributed by atoms with Crippen LogP contribution in [0, 0.1) is 0 Å². The van der Waals surface area contributed by atoms with Crippen molar-refractivity contribution in [2.24, 2.45) is 5.73 Å². The summed E-state index contributed by atoms with van der Waals surface area (Å²) in [5, 5.41) is 2.91. The summed E-state index contributed by atoms with van der Waals surface area (Å²) in [4.78, 5) is 11.4. The molecule has 0 saturated carbocycles. The first-order valence-electron chi connectivity index (χ1n) is 5.92. The largest absolute Gasteiger partial charge is 0.493 e. The highest BCUT2D eigenvalue weighted by Crippen LogP contribution is 2.32. The van der Waals surface area contributed by atoms with E-state index in [4.69, 9.17) is 15.2 Å². The second kappa shape index (κ2) is 5.27. The Morgan fingerprint density at radius 3 is 2.67 bits per heavy atom. The van der Waals surface area contributed by atoms with Gasteiger partial charge in [0, 0.05) is 12.5 Å². The van der Waals surface area contributed by atoms with Crippen LogP contribution in [-0.4, -0.2) is 26.2 Å². The minimum Gasteiger partial charge on any atom is -0.493 e. The van der Waals surface area contributed by atoms with Crippen LogP contribution in [0.1, 0.15) is 24.4 Å². The van der Waals surface area contributed by atoms with Crippen molar-refractivity contribution in [3.05, 3.63) is 23.8 Å². The zero-order valence-electron chi connectivity index (χ0n) is 10.6. The van der Waals surface area contributed by atoms with Gasteiger partial charge in [0.05, 0.1) is 20.3 Å². The third kappa shape index (κ3) is 2.41. The molecule has 3 N–H and O–H groups in total. The van der Waals surface area contributed by atoms with Crippen molar-refractivity contribution in [1.29, 1.82) is 0 Å². The van der Waals surface area contributed by atoms with E-state index in [1.807, 2.05) is 18.2 Å². The maximum atomic E-state index is 11.4. The summed E-state index contributed by atoms with van der Waals surface area (Å²) >= 11 is 0. The molecule has 98 valence electrons. The molecule has 1 heterocycles. The van der Waals surface area contributed by atoms with Gasteiger partial charge in [0.1, 0.15) is 0 Å². The number of nitrogens with one attached hydrogen (secondary N) is 1. The maximum absolute atomic E-state index is 11.4. The molecule has 2 rings (SSSR count). The van der Waals surface area contributed by atoms with E-state index in [1.54, 1.807) is 14.2 Å². The molecule has 2 unspecified atom stereocenters. The van der Waals surface area contributed by atoms with Crippen LogP contribution >= 0.6 is 0 Å². The van der Waals surface area contributed by atoms with Gasteiger partial charge < -0.3 is 20.5 Å². The second-order valence-electron chi connectivity index (χ2n) is 4.36. The first-order valence-corrected chi connectivity index (χ1v) is 5.92. The molecule has 0 aliphatic carbocycles. The molecule has 1 amide bonds. The Balaban J connectivity index is 2.29. The Hall–Kier alpha value is -1.75. The molecule has 5 nitrogen and oxygen atoms in total. The van der Waals surface area contributed by atoms with Gasteiger partial charge in [-0.05, 0) is 24.1 Å². The molecule has 0 radical (unpaired) electrons. The molecule has 1 aliphatic rings. The standard InChI is InChI=1S/C13H18N2O3/c1-17-10-5-3-8(7-11(10)18-2)13-9(14)4-6-12(16)15-13/h3,5,7,9,13H,4,6,14H2,1-2H3,(H,15,16). The van der Waals surface area contributed by atoms with Gasteiger partial charge in [0.15, 0.2) is 11.5 Å². The number of benzene rings is 1. The SMILES string of the molecule is COc1ccc(C2NC(=O)CCC2N)cc1OC. The van der Waals surface area contributed by atoms with Crippen molar-refractivity contribution in [3.8, 4) is 11.5 Å². The van der Waals surface area contributed by atoms with Gasteiger partial charge in [-0.2, -0.15) is 0 Å². The smallest absolute Gasteiger partial charge is 0.220 e. The van der Waals surface area contributed by atoms with Gasteiger partial charge in [0.25, 0.3) is 0 Å². The van der Waals surface area contributed by atoms with Crippen molar-refractivity contribution >= 4 is 5.91 Å². The normalized spacial score (nSPS) is 23.4. The summed E-state index contributed by atoms with van der Waals surface area (Å²) in [6.45, 7) is 0. The number of amides is 1. The van der Waals surface area contributed by atoms with Crippen LogP contribution in [0.3, 0.4) is 0 Å². The molecular weight excluding hydrogens is 232 g/mol. The molecule has 1 aliphatic heterocycles. The zero-order valence-corrected chi connectivity index (χ0v) is 10.6. The third-order valence-corrected chi connectivity index (χ3v) is 3.22. The molecule has 0 bridgehead atoms. The Labute approximate surface area is 106 Å². The van der Waals surface area contributed by atoms with E-state index < -0.39 is 0 Å². The molecule has 1 saturated heterocycles. The van der Waals surface area contributed by atoms with Crippen LogP contribution in [0.25, 0.3) is 0 Å². The van der Waals surface area contributed by atoms with Crippen LogP contribution in [-0.2, 0) is 4.79 Å². The fourth-order valence-corrected chi connectivity index (χ4v) is 2.19. The van der Waals surface area contributed by atoms with Crippen LogP contribution in [0.5, 0.6) is 11.5 Å².